The zero-order chi connectivity index (χ0) is 70.1. The van der Waals surface area contributed by atoms with E-state index < -0.39 is 169 Å². The number of carbonyl (C=O) groups is 13. The summed E-state index contributed by atoms with van der Waals surface area (Å²) in [4.78, 5) is 185. The highest BCUT2D eigenvalue weighted by molar-refractivity contribution is 7.98. The van der Waals surface area contributed by atoms with E-state index in [9.17, 15) is 62.3 Å². The maximum absolute atomic E-state index is 14.7. The molecular weight excluding hydrogens is 1250 g/mol. The largest absolute Gasteiger partial charge is 0.370 e. The molecule has 32 heteroatoms. The van der Waals surface area contributed by atoms with E-state index in [4.69, 9.17) is 40.1 Å². The van der Waals surface area contributed by atoms with E-state index in [2.05, 4.69) is 47.5 Å². The topological polar surface area (TPSA) is 519 Å². The first-order chi connectivity index (χ1) is 45.2. The van der Waals surface area contributed by atoms with Crippen LogP contribution in [0, 0.1) is 5.92 Å². The summed E-state index contributed by atoms with van der Waals surface area (Å²) < 4.78 is 0. The lowest BCUT2D eigenvalue weighted by Gasteiger charge is -2.32. The zero-order valence-electron chi connectivity index (χ0n) is 54.5. The number of nitrogens with two attached hydrogens (primary N) is 7. The Kier molecular flexibility index (Phi) is 33.9. The Morgan fingerprint density at radius 1 is 0.537 bits per heavy atom. The molecule has 95 heavy (non-hydrogen) atoms. The molecule has 0 spiro atoms. The van der Waals surface area contributed by atoms with Crippen molar-refractivity contribution in [3.8, 4) is 0 Å². The van der Waals surface area contributed by atoms with Crippen molar-refractivity contribution in [3.63, 3.8) is 0 Å². The fourth-order valence-electron chi connectivity index (χ4n) is 11.0. The fraction of sp³-hybridized carbons (Fsp3) is 0.587. The average molecular weight is 1350 g/mol. The molecule has 0 aromatic heterocycles. The number of nitrogens with zero attached hydrogens (tertiary/aromatic N) is 3. The third-order valence-corrected chi connectivity index (χ3v) is 16.7. The van der Waals surface area contributed by atoms with Crippen LogP contribution in [0.25, 0.3) is 0 Å². The summed E-state index contributed by atoms with van der Waals surface area (Å²) in [6.07, 6.45) is 3.12. The van der Waals surface area contributed by atoms with Crippen molar-refractivity contribution >= 4 is 94.5 Å². The second-order valence-corrected chi connectivity index (χ2v) is 25.1. The van der Waals surface area contributed by atoms with Crippen LogP contribution in [0.2, 0.25) is 0 Å². The number of carbonyl (C=O) groups excluding carboxylic acids is 13. The van der Waals surface area contributed by atoms with Gasteiger partial charge in [0, 0.05) is 45.3 Å². The minimum absolute atomic E-state index is 0.0736. The highest BCUT2D eigenvalue weighted by Gasteiger charge is 2.42. The van der Waals surface area contributed by atoms with E-state index in [0.717, 1.165) is 0 Å². The molecule has 13 amide bonds. The molecule has 0 aliphatic carbocycles. The summed E-state index contributed by atoms with van der Waals surface area (Å²) in [7, 11) is 0. The summed E-state index contributed by atoms with van der Waals surface area (Å²) in [6, 6.07) is 4.51. The molecule has 31 nitrogen and oxygen atoms in total. The van der Waals surface area contributed by atoms with Crippen molar-refractivity contribution < 1.29 is 62.3 Å². The number of hydrogen-bond donors (Lipinski definition) is 15. The number of likely N-dealkylation sites (tertiary alicyclic amines) is 2. The van der Waals surface area contributed by atoms with E-state index in [1.807, 2.05) is 20.1 Å². The summed E-state index contributed by atoms with van der Waals surface area (Å²) in [5.41, 5.74) is 40.6. The van der Waals surface area contributed by atoms with Crippen molar-refractivity contribution in [2.24, 2.45) is 51.0 Å². The van der Waals surface area contributed by atoms with Crippen LogP contribution in [0.5, 0.6) is 0 Å². The van der Waals surface area contributed by atoms with Gasteiger partial charge in [0.15, 0.2) is 5.96 Å². The van der Waals surface area contributed by atoms with Crippen LogP contribution in [0.3, 0.4) is 0 Å². The van der Waals surface area contributed by atoms with Crippen LogP contribution in [0.1, 0.15) is 121 Å². The number of unbranched alkanes of at least 4 members (excludes halogenated alkanes) is 1. The number of primary amides is 3. The quantitative estimate of drug-likeness (QED) is 0.0173. The summed E-state index contributed by atoms with van der Waals surface area (Å²) >= 11 is 1.45. The summed E-state index contributed by atoms with van der Waals surface area (Å²) in [6.45, 7) is 3.86. The Balaban J connectivity index is 1.56. The molecule has 0 saturated carbocycles. The summed E-state index contributed by atoms with van der Waals surface area (Å²) in [5, 5.41) is 21.1. The van der Waals surface area contributed by atoms with Crippen molar-refractivity contribution in [2.45, 2.75) is 183 Å². The SMILES string of the molecule is CSCC[C@H](NC(=O)[C@@H](CC(C)C)NC(=O)CNC(=O)[C@H](Cc1ccccc1)NC(=O)[C@H](Cc1ccccc1)NC(=O)[C@@H](CCC(N)=O)NC(=O)[C@H](CCC(N)=O)NC(=O)[C@@H]1CCCN1C(=O)[C@H](CCCCN)NC(=O)[C@@H]1CCCN1C(=O)[C@@H](N)CCCN=C(N)N)C(N)=O. The standard InChI is InChI=1S/C63H98N18O13S/c1-37(2)33-45(57(89)74-41(53(68)85)27-32-95-3)73-52(84)36-72-54(86)46(34-38-15-6-4-7-16-38)78-58(90)47(35-39-17-8-5-9-18-39)79-56(88)42(23-25-50(66)82)75-55(87)43(24-26-51(67)83)76-59(91)49-22-14-31-81(49)62(94)44(20-10-11-28-64)77-60(92)48-21-13-30-80(48)61(93)40(65)19-12-29-71-63(69)70/h4-9,15-18,37,40-49H,10-14,19-36,64-65H2,1-3H3,(H2,66,82)(H2,67,83)(H2,68,85)(H,72,86)(H,73,84)(H,74,89)(H,75,87)(H,76,91)(H,77,92)(H,78,90)(H,79,88)(H4,69,70,71)/t40-,41-,42+,43-,44-,45+,46-,47-,48-,49-/m0/s1. The van der Waals surface area contributed by atoms with Crippen LogP contribution < -0.4 is 82.7 Å². The zero-order valence-corrected chi connectivity index (χ0v) is 55.3. The molecule has 2 aliphatic heterocycles. The number of amides is 13. The molecule has 10 atom stereocenters. The van der Waals surface area contributed by atoms with Gasteiger partial charge < -0.3 is 92.5 Å². The van der Waals surface area contributed by atoms with Gasteiger partial charge in [-0.05, 0) is 119 Å². The second-order valence-electron chi connectivity index (χ2n) is 24.1. The molecule has 2 aromatic rings. The number of rotatable bonds is 42. The van der Waals surface area contributed by atoms with Gasteiger partial charge in [0.05, 0.1) is 12.6 Å². The minimum Gasteiger partial charge on any atom is -0.370 e. The lowest BCUT2D eigenvalue weighted by Crippen LogP contribution is -2.60. The first kappa shape index (κ1) is 78.5. The molecule has 4 rings (SSSR count). The van der Waals surface area contributed by atoms with Gasteiger partial charge in [0.2, 0.25) is 76.8 Å². The van der Waals surface area contributed by atoms with E-state index >= 15 is 0 Å². The van der Waals surface area contributed by atoms with Gasteiger partial charge in [-0.1, -0.05) is 74.5 Å². The van der Waals surface area contributed by atoms with Crippen LogP contribution in [0.4, 0.5) is 0 Å². The van der Waals surface area contributed by atoms with Crippen LogP contribution in [-0.4, -0.2) is 198 Å². The minimum atomic E-state index is -1.64. The average Bonchev–Trinajstić information content (AvgIpc) is 1.74. The molecule has 2 fully saturated rings. The Morgan fingerprint density at radius 2 is 1.01 bits per heavy atom. The van der Waals surface area contributed by atoms with Crippen LogP contribution in [0.15, 0.2) is 65.7 Å². The first-order valence-electron chi connectivity index (χ1n) is 32.2. The maximum Gasteiger partial charge on any atom is 0.245 e. The normalized spacial score (nSPS) is 16.8. The Hall–Kier alpha value is -8.91. The van der Waals surface area contributed by atoms with E-state index in [0.29, 0.717) is 55.4 Å². The number of aliphatic imine (C=N–C) groups is 1. The third kappa shape index (κ3) is 27.5. The number of thioether (sulfide) groups is 1. The Bertz CT molecular complexity index is 2960. The smallest absolute Gasteiger partial charge is 0.245 e. The number of nitrogens with one attached hydrogen (secondary N) is 8. The highest BCUT2D eigenvalue weighted by atomic mass is 32.2. The van der Waals surface area contributed by atoms with Gasteiger partial charge >= 0.3 is 0 Å². The molecule has 524 valence electrons. The van der Waals surface area contributed by atoms with Crippen LogP contribution >= 0.6 is 11.8 Å². The highest BCUT2D eigenvalue weighted by Crippen LogP contribution is 2.24. The van der Waals surface area contributed by atoms with Gasteiger partial charge in [0.25, 0.3) is 0 Å². The second kappa shape index (κ2) is 41.0. The van der Waals surface area contributed by atoms with Gasteiger partial charge in [0.1, 0.15) is 54.4 Å². The van der Waals surface area contributed by atoms with E-state index in [-0.39, 0.29) is 83.0 Å². The Morgan fingerprint density at radius 3 is 1.51 bits per heavy atom. The van der Waals surface area contributed by atoms with Gasteiger partial charge in [-0.3, -0.25) is 67.3 Å². The third-order valence-electron chi connectivity index (χ3n) is 16.0. The molecule has 2 aliphatic rings. The van der Waals surface area contributed by atoms with Crippen molar-refractivity contribution in [1.29, 1.82) is 0 Å². The molecule has 2 saturated heterocycles. The predicted octanol–water partition coefficient (Wildman–Crippen LogP) is -3.71. The van der Waals surface area contributed by atoms with Crippen molar-refractivity contribution in [3.05, 3.63) is 71.8 Å². The Labute approximate surface area is 558 Å². The molecule has 0 bridgehead atoms. The van der Waals surface area contributed by atoms with Crippen molar-refractivity contribution in [1.82, 2.24) is 52.3 Å². The number of guanidine groups is 1. The van der Waals surface area contributed by atoms with Gasteiger partial charge in [-0.25, -0.2) is 0 Å². The molecule has 0 radical (unpaired) electrons. The molecule has 2 heterocycles. The molecule has 2 aromatic carbocycles. The van der Waals surface area contributed by atoms with Crippen LogP contribution in [-0.2, 0) is 75.2 Å². The molecule has 0 unspecified atom stereocenters. The molecule has 22 N–H and O–H groups in total. The predicted molar refractivity (Wildman–Crippen MR) is 356 cm³/mol. The van der Waals surface area contributed by atoms with E-state index in [1.54, 1.807) is 60.7 Å². The van der Waals surface area contributed by atoms with Crippen molar-refractivity contribution in [2.75, 3.05) is 44.7 Å². The summed E-state index contributed by atoms with van der Waals surface area (Å²) in [5.74, 6) is -9.80. The van der Waals surface area contributed by atoms with Gasteiger partial charge in [-0.15, -0.1) is 0 Å². The fourth-order valence-corrected chi connectivity index (χ4v) is 11.5. The number of benzene rings is 2. The van der Waals surface area contributed by atoms with E-state index in [1.165, 1.54) is 21.6 Å². The first-order valence-corrected chi connectivity index (χ1v) is 33.6. The lowest BCUT2D eigenvalue weighted by atomic mass is 10.0. The maximum atomic E-state index is 14.7. The lowest BCUT2D eigenvalue weighted by molar-refractivity contribution is -0.144. The number of hydrogen-bond acceptors (Lipinski definition) is 17. The molecular formula is C63H98N18O13S. The van der Waals surface area contributed by atoms with Gasteiger partial charge in [-0.2, -0.15) is 11.8 Å². The monoisotopic (exact) mass is 1350 g/mol.